The Labute approximate surface area is 197 Å². The number of carbonyl (C=O) groups excluding carboxylic acids is 1. The number of rotatable bonds is 10. The van der Waals surface area contributed by atoms with Gasteiger partial charge in [-0.05, 0) is 67.9 Å². The van der Waals surface area contributed by atoms with Crippen molar-refractivity contribution < 1.29 is 28.8 Å². The van der Waals surface area contributed by atoms with Gasteiger partial charge in [-0.3, -0.25) is 0 Å². The summed E-state index contributed by atoms with van der Waals surface area (Å²) in [7, 11) is 3.21. The quantitative estimate of drug-likeness (QED) is 0.240. The number of benzene rings is 1. The maximum absolute atomic E-state index is 12.6. The molecule has 1 heterocycles. The lowest BCUT2D eigenvalue weighted by Gasteiger charge is -2.47. The molecular formula is C27H38O6. The van der Waals surface area contributed by atoms with E-state index in [2.05, 4.69) is 20.4 Å². The molecule has 33 heavy (non-hydrogen) atoms. The molecule has 3 rings (SSSR count). The molecule has 0 radical (unpaired) electrons. The second kappa shape index (κ2) is 10.4. The first kappa shape index (κ1) is 25.5. The minimum absolute atomic E-state index is 0.369. The highest BCUT2D eigenvalue weighted by Gasteiger charge is 2.65. The van der Waals surface area contributed by atoms with E-state index in [1.165, 1.54) is 6.08 Å². The Morgan fingerprint density at radius 2 is 2.00 bits per heavy atom. The third kappa shape index (κ3) is 5.86. The molecule has 1 N–H and O–H groups in total. The SMILES string of the molecule is C=C(CCC(C)C)[C@@](C)(O)[C@H]1[C@H](OC)[C@H](OC(=O)/C=C/c2ccc(OC)cc2)CCC12CO2. The highest BCUT2D eigenvalue weighted by molar-refractivity contribution is 5.87. The van der Waals surface area contributed by atoms with E-state index in [9.17, 15) is 9.90 Å². The van der Waals surface area contributed by atoms with Gasteiger partial charge in [0.25, 0.3) is 0 Å². The largest absolute Gasteiger partial charge is 0.497 e. The molecule has 2 aliphatic rings. The molecule has 1 spiro atoms. The molecule has 1 aliphatic heterocycles. The molecular weight excluding hydrogens is 420 g/mol. The molecule has 182 valence electrons. The third-order valence-electron chi connectivity index (χ3n) is 7.04. The minimum Gasteiger partial charge on any atom is -0.497 e. The fourth-order valence-electron chi connectivity index (χ4n) is 4.89. The summed E-state index contributed by atoms with van der Waals surface area (Å²) in [6.07, 6.45) is 5.14. The van der Waals surface area contributed by atoms with Crippen LogP contribution in [0.1, 0.15) is 52.0 Å². The van der Waals surface area contributed by atoms with Crippen molar-refractivity contribution in [1.82, 2.24) is 0 Å². The number of methoxy groups -OCH3 is 2. The van der Waals surface area contributed by atoms with E-state index in [1.807, 2.05) is 24.3 Å². The molecule has 1 saturated carbocycles. The first-order valence-electron chi connectivity index (χ1n) is 11.7. The van der Waals surface area contributed by atoms with Crippen LogP contribution >= 0.6 is 0 Å². The van der Waals surface area contributed by atoms with E-state index >= 15 is 0 Å². The molecule has 1 aliphatic carbocycles. The van der Waals surface area contributed by atoms with Gasteiger partial charge in [0.1, 0.15) is 23.6 Å². The molecule has 5 atom stereocenters. The maximum atomic E-state index is 12.6. The maximum Gasteiger partial charge on any atom is 0.331 e. The molecule has 6 heteroatoms. The van der Waals surface area contributed by atoms with Crippen molar-refractivity contribution >= 4 is 12.0 Å². The Hall–Kier alpha value is -2.15. The van der Waals surface area contributed by atoms with Gasteiger partial charge in [0, 0.05) is 13.2 Å². The molecule has 6 nitrogen and oxygen atoms in total. The second-order valence-electron chi connectivity index (χ2n) is 9.84. The van der Waals surface area contributed by atoms with Crippen molar-refractivity contribution in [3.05, 3.63) is 48.1 Å². The summed E-state index contributed by atoms with van der Waals surface area (Å²) in [5.41, 5.74) is -0.0140. The predicted molar refractivity (Wildman–Crippen MR) is 128 cm³/mol. The summed E-state index contributed by atoms with van der Waals surface area (Å²) in [6.45, 7) is 10.9. The molecule has 1 aromatic carbocycles. The van der Waals surface area contributed by atoms with E-state index < -0.39 is 29.4 Å². The lowest BCUT2D eigenvalue weighted by atomic mass is 9.65. The van der Waals surface area contributed by atoms with Crippen LogP contribution in [0.15, 0.2) is 42.5 Å². The highest BCUT2D eigenvalue weighted by Crippen LogP contribution is 2.53. The fraction of sp³-hybridized carbons (Fsp3) is 0.593. The summed E-state index contributed by atoms with van der Waals surface area (Å²) in [5.74, 6) is 0.456. The van der Waals surface area contributed by atoms with Gasteiger partial charge in [-0.25, -0.2) is 4.79 Å². The molecule has 0 bridgehead atoms. The topological polar surface area (TPSA) is 77.5 Å². The van der Waals surface area contributed by atoms with Gasteiger partial charge in [0.2, 0.25) is 0 Å². The molecule has 2 fully saturated rings. The van der Waals surface area contributed by atoms with E-state index in [0.717, 1.165) is 29.7 Å². The predicted octanol–water partition coefficient (Wildman–Crippen LogP) is 4.56. The zero-order valence-electron chi connectivity index (χ0n) is 20.5. The second-order valence-corrected chi connectivity index (χ2v) is 9.84. The van der Waals surface area contributed by atoms with Crippen LogP contribution < -0.4 is 4.74 Å². The van der Waals surface area contributed by atoms with Crippen LogP contribution in [-0.4, -0.2) is 55.3 Å². The average molecular weight is 459 g/mol. The normalized spacial score (nSPS) is 28.6. The number of aliphatic hydroxyl groups is 1. The summed E-state index contributed by atoms with van der Waals surface area (Å²) < 4.78 is 22.7. The number of hydrogen-bond donors (Lipinski definition) is 1. The van der Waals surface area contributed by atoms with Crippen LogP contribution in [0.5, 0.6) is 5.75 Å². The summed E-state index contributed by atoms with van der Waals surface area (Å²) in [6, 6.07) is 7.40. The van der Waals surface area contributed by atoms with E-state index in [0.29, 0.717) is 25.4 Å². The van der Waals surface area contributed by atoms with Gasteiger partial charge in [0.15, 0.2) is 0 Å². The molecule has 1 unspecified atom stereocenters. The van der Waals surface area contributed by atoms with Crippen molar-refractivity contribution in [3.63, 3.8) is 0 Å². The Morgan fingerprint density at radius 1 is 1.33 bits per heavy atom. The summed E-state index contributed by atoms with van der Waals surface area (Å²) in [4.78, 5) is 12.6. The fourth-order valence-corrected chi connectivity index (χ4v) is 4.89. The highest BCUT2D eigenvalue weighted by atomic mass is 16.6. The van der Waals surface area contributed by atoms with Crippen LogP contribution in [0.25, 0.3) is 6.08 Å². The molecule has 1 aromatic rings. The minimum atomic E-state index is -1.20. The van der Waals surface area contributed by atoms with E-state index in [-0.39, 0.29) is 5.92 Å². The molecule has 1 saturated heterocycles. The van der Waals surface area contributed by atoms with Crippen molar-refractivity contribution in [3.8, 4) is 5.75 Å². The standard InChI is InChI=1S/C27H38O6/c1-18(2)7-8-19(3)26(4,29)25-24(31-6)22(15-16-27(25)17-32-27)33-23(28)14-11-20-9-12-21(30-5)13-10-20/h9-14,18,22,24-25,29H,3,7-8,15-17H2,1-2,4-6H3/b14-11+/t22-,24-,25-,26-,27?/m1/s1. The van der Waals surface area contributed by atoms with Crippen LogP contribution in [0.2, 0.25) is 0 Å². The zero-order chi connectivity index (χ0) is 24.2. The number of carbonyl (C=O) groups is 1. The zero-order valence-corrected chi connectivity index (χ0v) is 20.5. The van der Waals surface area contributed by atoms with Crippen molar-refractivity contribution in [2.24, 2.45) is 11.8 Å². The Morgan fingerprint density at radius 3 is 2.55 bits per heavy atom. The number of hydrogen-bond acceptors (Lipinski definition) is 6. The number of esters is 1. The van der Waals surface area contributed by atoms with Gasteiger partial charge in [0.05, 0.1) is 25.2 Å². The lowest BCUT2D eigenvalue weighted by molar-refractivity contribution is -0.178. The smallest absolute Gasteiger partial charge is 0.331 e. The number of ether oxygens (including phenoxy) is 4. The van der Waals surface area contributed by atoms with Crippen molar-refractivity contribution in [2.45, 2.75) is 69.9 Å². The Balaban J connectivity index is 1.72. The average Bonchev–Trinajstić information content (AvgIpc) is 3.56. The first-order chi connectivity index (χ1) is 15.6. The van der Waals surface area contributed by atoms with Crippen LogP contribution in [-0.2, 0) is 19.0 Å². The first-order valence-corrected chi connectivity index (χ1v) is 11.7. The van der Waals surface area contributed by atoms with Crippen molar-refractivity contribution in [1.29, 1.82) is 0 Å². The summed E-state index contributed by atoms with van der Waals surface area (Å²) >= 11 is 0. The van der Waals surface area contributed by atoms with Gasteiger partial charge in [-0.2, -0.15) is 0 Å². The van der Waals surface area contributed by atoms with Gasteiger partial charge >= 0.3 is 5.97 Å². The monoisotopic (exact) mass is 458 g/mol. The Kier molecular flexibility index (Phi) is 8.04. The number of epoxide rings is 1. The van der Waals surface area contributed by atoms with Crippen LogP contribution in [0.3, 0.4) is 0 Å². The van der Waals surface area contributed by atoms with Crippen molar-refractivity contribution in [2.75, 3.05) is 20.8 Å². The van der Waals surface area contributed by atoms with Crippen LogP contribution in [0, 0.1) is 11.8 Å². The van der Waals surface area contributed by atoms with E-state index in [1.54, 1.807) is 27.2 Å². The van der Waals surface area contributed by atoms with E-state index in [4.69, 9.17) is 18.9 Å². The molecule has 0 aromatic heterocycles. The van der Waals surface area contributed by atoms with Crippen LogP contribution in [0.4, 0.5) is 0 Å². The van der Waals surface area contributed by atoms with Gasteiger partial charge in [-0.1, -0.05) is 32.6 Å². The van der Waals surface area contributed by atoms with Gasteiger partial charge < -0.3 is 24.1 Å². The van der Waals surface area contributed by atoms with Gasteiger partial charge in [-0.15, -0.1) is 0 Å². The third-order valence-corrected chi connectivity index (χ3v) is 7.04. The molecule has 0 amide bonds. The summed E-state index contributed by atoms with van der Waals surface area (Å²) in [5, 5.41) is 11.6. The lowest BCUT2D eigenvalue weighted by Crippen LogP contribution is -2.59. The Bertz CT molecular complexity index is 850.